The molecule has 6 nitrogen and oxygen atoms in total. The van der Waals surface area contributed by atoms with E-state index < -0.39 is 0 Å². The van der Waals surface area contributed by atoms with Gasteiger partial charge in [0.25, 0.3) is 5.91 Å². The fourth-order valence-electron chi connectivity index (χ4n) is 2.48. The van der Waals surface area contributed by atoms with Crippen molar-refractivity contribution in [3.63, 3.8) is 0 Å². The minimum Gasteiger partial charge on any atom is -0.482 e. The molecule has 3 rings (SSSR count). The second kappa shape index (κ2) is 7.17. The Bertz CT molecular complexity index is 888. The Labute approximate surface area is 146 Å². The van der Waals surface area contributed by atoms with E-state index >= 15 is 0 Å². The van der Waals surface area contributed by atoms with Gasteiger partial charge in [0.2, 0.25) is 0 Å². The maximum absolute atomic E-state index is 12.2. The lowest BCUT2D eigenvalue weighted by atomic mass is 10.1. The number of aryl methyl sites for hydroxylation is 3. The van der Waals surface area contributed by atoms with Crippen molar-refractivity contribution in [3.8, 4) is 11.4 Å². The number of ether oxygens (including phenoxy) is 1. The predicted octanol–water partition coefficient (Wildman–Crippen LogP) is 3.21. The summed E-state index contributed by atoms with van der Waals surface area (Å²) in [6.45, 7) is 5.86. The molecule has 0 aliphatic rings. The Morgan fingerprint density at radius 1 is 1.04 bits per heavy atom. The first-order valence-corrected chi connectivity index (χ1v) is 7.98. The fraction of sp³-hybridized carbons (Fsp3) is 0.211. The van der Waals surface area contributed by atoms with Gasteiger partial charge in [0, 0.05) is 5.69 Å². The normalized spacial score (nSPS) is 10.5. The number of carbonyl (C=O) groups is 1. The van der Waals surface area contributed by atoms with Gasteiger partial charge in [0.05, 0.1) is 5.69 Å². The van der Waals surface area contributed by atoms with Crippen molar-refractivity contribution >= 4 is 11.6 Å². The van der Waals surface area contributed by atoms with Gasteiger partial charge in [0.1, 0.15) is 18.4 Å². The van der Waals surface area contributed by atoms with Gasteiger partial charge in [-0.15, -0.1) is 10.2 Å². The highest BCUT2D eigenvalue weighted by molar-refractivity contribution is 5.92. The Balaban J connectivity index is 1.71. The molecule has 0 spiro atoms. The molecule has 0 fully saturated rings. The SMILES string of the molecule is Cc1ccc(C)c(NC(=O)COc2ccc(C)cc2-n2cnnc2)c1. The zero-order valence-electron chi connectivity index (χ0n) is 14.5. The number of carbonyl (C=O) groups excluding carboxylic acids is 1. The van der Waals surface area contributed by atoms with Crippen LogP contribution in [-0.4, -0.2) is 27.3 Å². The van der Waals surface area contributed by atoms with E-state index in [4.69, 9.17) is 4.74 Å². The van der Waals surface area contributed by atoms with Crippen molar-refractivity contribution in [2.24, 2.45) is 0 Å². The maximum atomic E-state index is 12.2. The van der Waals surface area contributed by atoms with E-state index in [0.717, 1.165) is 28.1 Å². The van der Waals surface area contributed by atoms with Gasteiger partial charge in [-0.1, -0.05) is 18.2 Å². The Morgan fingerprint density at radius 3 is 2.48 bits per heavy atom. The molecule has 0 bridgehead atoms. The van der Waals surface area contributed by atoms with Gasteiger partial charge < -0.3 is 10.1 Å². The molecular weight excluding hydrogens is 316 g/mol. The van der Waals surface area contributed by atoms with Crippen LogP contribution in [0.3, 0.4) is 0 Å². The molecule has 3 aromatic rings. The Morgan fingerprint density at radius 2 is 1.72 bits per heavy atom. The average molecular weight is 336 g/mol. The Kier molecular flexibility index (Phi) is 4.79. The second-order valence-electron chi connectivity index (χ2n) is 6.00. The van der Waals surface area contributed by atoms with Crippen molar-refractivity contribution in [3.05, 3.63) is 65.7 Å². The molecule has 6 heteroatoms. The van der Waals surface area contributed by atoms with Gasteiger partial charge in [-0.3, -0.25) is 9.36 Å². The van der Waals surface area contributed by atoms with Crippen LogP contribution in [-0.2, 0) is 4.79 Å². The van der Waals surface area contributed by atoms with Gasteiger partial charge in [0.15, 0.2) is 6.61 Å². The summed E-state index contributed by atoms with van der Waals surface area (Å²) in [5, 5.41) is 10.5. The fourth-order valence-corrected chi connectivity index (χ4v) is 2.48. The molecule has 0 aliphatic carbocycles. The number of hydrogen-bond acceptors (Lipinski definition) is 4. The first-order chi connectivity index (χ1) is 12.0. The molecule has 128 valence electrons. The third kappa shape index (κ3) is 4.03. The van der Waals surface area contributed by atoms with E-state index in [2.05, 4.69) is 15.5 Å². The molecule has 0 atom stereocenters. The van der Waals surface area contributed by atoms with Gasteiger partial charge >= 0.3 is 0 Å². The van der Waals surface area contributed by atoms with Crippen molar-refractivity contribution in [1.29, 1.82) is 0 Å². The maximum Gasteiger partial charge on any atom is 0.262 e. The molecule has 1 N–H and O–H groups in total. The molecule has 0 unspecified atom stereocenters. The lowest BCUT2D eigenvalue weighted by Crippen LogP contribution is -2.21. The molecule has 1 aromatic heterocycles. The minimum atomic E-state index is -0.205. The molecule has 0 radical (unpaired) electrons. The third-order valence-corrected chi connectivity index (χ3v) is 3.84. The van der Waals surface area contributed by atoms with E-state index in [0.29, 0.717) is 5.75 Å². The van der Waals surface area contributed by atoms with Gasteiger partial charge in [-0.05, 0) is 55.7 Å². The van der Waals surface area contributed by atoms with Crippen LogP contribution < -0.4 is 10.1 Å². The lowest BCUT2D eigenvalue weighted by Gasteiger charge is -2.13. The summed E-state index contributed by atoms with van der Waals surface area (Å²) in [5.41, 5.74) is 4.78. The monoisotopic (exact) mass is 336 g/mol. The predicted molar refractivity (Wildman–Crippen MR) is 96.1 cm³/mol. The number of nitrogens with one attached hydrogen (secondary N) is 1. The van der Waals surface area contributed by atoms with Crippen LogP contribution in [0.5, 0.6) is 5.75 Å². The summed E-state index contributed by atoms with van der Waals surface area (Å²) in [4.78, 5) is 12.2. The van der Waals surface area contributed by atoms with Crippen LogP contribution in [0.15, 0.2) is 49.1 Å². The first kappa shape index (κ1) is 16.7. The molecule has 2 aromatic carbocycles. The molecule has 0 saturated heterocycles. The zero-order valence-corrected chi connectivity index (χ0v) is 14.5. The van der Waals surface area contributed by atoms with Crippen molar-refractivity contribution < 1.29 is 9.53 Å². The highest BCUT2D eigenvalue weighted by Crippen LogP contribution is 2.24. The number of hydrogen-bond donors (Lipinski definition) is 1. The summed E-state index contributed by atoms with van der Waals surface area (Å²) in [6.07, 6.45) is 3.19. The van der Waals surface area contributed by atoms with E-state index in [-0.39, 0.29) is 12.5 Å². The van der Waals surface area contributed by atoms with E-state index in [1.165, 1.54) is 0 Å². The highest BCUT2D eigenvalue weighted by atomic mass is 16.5. The quantitative estimate of drug-likeness (QED) is 0.777. The molecule has 0 saturated carbocycles. The highest BCUT2D eigenvalue weighted by Gasteiger charge is 2.10. The molecule has 1 heterocycles. The number of rotatable bonds is 5. The van der Waals surface area contributed by atoms with Crippen molar-refractivity contribution in [2.75, 3.05) is 11.9 Å². The van der Waals surface area contributed by atoms with E-state index in [1.54, 1.807) is 17.2 Å². The lowest BCUT2D eigenvalue weighted by molar-refractivity contribution is -0.118. The van der Waals surface area contributed by atoms with Crippen LogP contribution in [0, 0.1) is 20.8 Å². The smallest absolute Gasteiger partial charge is 0.262 e. The van der Waals surface area contributed by atoms with Crippen LogP contribution in [0.4, 0.5) is 5.69 Å². The number of aromatic nitrogens is 3. The van der Waals surface area contributed by atoms with Crippen LogP contribution in [0.1, 0.15) is 16.7 Å². The summed E-state index contributed by atoms with van der Waals surface area (Å²) in [6, 6.07) is 11.7. The molecular formula is C19H20N4O2. The largest absolute Gasteiger partial charge is 0.482 e. The van der Waals surface area contributed by atoms with Crippen LogP contribution in [0.25, 0.3) is 5.69 Å². The van der Waals surface area contributed by atoms with Gasteiger partial charge in [-0.2, -0.15) is 0 Å². The Hall–Kier alpha value is -3.15. The van der Waals surface area contributed by atoms with Crippen molar-refractivity contribution in [2.45, 2.75) is 20.8 Å². The number of nitrogens with zero attached hydrogens (tertiary/aromatic N) is 3. The summed E-state index contributed by atoms with van der Waals surface area (Å²) >= 11 is 0. The number of anilines is 1. The molecule has 25 heavy (non-hydrogen) atoms. The zero-order chi connectivity index (χ0) is 17.8. The molecule has 1 amide bonds. The van der Waals surface area contributed by atoms with Crippen LogP contribution in [0.2, 0.25) is 0 Å². The summed E-state index contributed by atoms with van der Waals surface area (Å²) < 4.78 is 7.49. The van der Waals surface area contributed by atoms with Crippen molar-refractivity contribution in [1.82, 2.24) is 14.8 Å². The van der Waals surface area contributed by atoms with Gasteiger partial charge in [-0.25, -0.2) is 0 Å². The topological polar surface area (TPSA) is 69.0 Å². The van der Waals surface area contributed by atoms with E-state index in [1.807, 2.05) is 57.2 Å². The summed E-state index contributed by atoms with van der Waals surface area (Å²) in [7, 11) is 0. The number of benzene rings is 2. The standard InChI is InChI=1S/C19H20N4O2/c1-13-4-6-15(3)16(8-13)22-19(24)10-25-18-7-5-14(2)9-17(18)23-11-20-21-12-23/h4-9,11-12H,10H2,1-3H3,(H,22,24). The second-order valence-corrected chi connectivity index (χ2v) is 6.00. The first-order valence-electron chi connectivity index (χ1n) is 7.98. The minimum absolute atomic E-state index is 0.0778. The average Bonchev–Trinajstić information content (AvgIpc) is 3.11. The van der Waals surface area contributed by atoms with E-state index in [9.17, 15) is 4.79 Å². The molecule has 0 aliphatic heterocycles. The third-order valence-electron chi connectivity index (χ3n) is 3.84. The summed E-state index contributed by atoms with van der Waals surface area (Å²) in [5.74, 6) is 0.394. The van der Waals surface area contributed by atoms with Crippen LogP contribution >= 0.6 is 0 Å². The number of amides is 1.